The van der Waals surface area contributed by atoms with Gasteiger partial charge in [-0.1, -0.05) is 0 Å². The van der Waals surface area contributed by atoms with E-state index < -0.39 is 10.0 Å². The van der Waals surface area contributed by atoms with Gasteiger partial charge >= 0.3 is 0 Å². The summed E-state index contributed by atoms with van der Waals surface area (Å²) in [5.41, 5.74) is 2.00. The van der Waals surface area contributed by atoms with Crippen LogP contribution in [0.5, 0.6) is 0 Å². The summed E-state index contributed by atoms with van der Waals surface area (Å²) in [6.45, 7) is 4.93. The normalized spacial score (nSPS) is 16.9. The number of thiazole rings is 1. The molecule has 0 saturated carbocycles. The number of aryl methyl sites for hydroxylation is 2. The number of hydrogen-bond donors (Lipinski definition) is 1. The molecule has 2 aromatic rings. The monoisotopic (exact) mass is 399 g/mol. The van der Waals surface area contributed by atoms with Crippen molar-refractivity contribution in [2.24, 2.45) is 5.92 Å². The fourth-order valence-corrected chi connectivity index (χ4v) is 5.52. The molecule has 0 bridgehead atoms. The van der Waals surface area contributed by atoms with Crippen LogP contribution >= 0.6 is 22.7 Å². The average Bonchev–Trinajstić information content (AvgIpc) is 3.12. The van der Waals surface area contributed by atoms with Crippen molar-refractivity contribution in [3.05, 3.63) is 21.2 Å². The molecule has 1 aliphatic rings. The maximum Gasteiger partial charge on any atom is 0.229 e. The highest BCUT2D eigenvalue weighted by Crippen LogP contribution is 2.33. The highest BCUT2D eigenvalue weighted by atomic mass is 32.2. The minimum atomic E-state index is -3.17. The Bertz CT molecular complexity index is 878. The summed E-state index contributed by atoms with van der Waals surface area (Å²) in [6, 6.07) is 2.11. The Hall–Kier alpha value is -1.29. The van der Waals surface area contributed by atoms with Crippen LogP contribution in [-0.2, 0) is 14.8 Å². The predicted molar refractivity (Wildman–Crippen MR) is 103 cm³/mol. The number of aromatic nitrogens is 1. The molecule has 0 radical (unpaired) electrons. The Morgan fingerprint density at radius 1 is 1.32 bits per heavy atom. The van der Waals surface area contributed by atoms with Crippen molar-refractivity contribution in [1.82, 2.24) is 9.29 Å². The lowest BCUT2D eigenvalue weighted by molar-refractivity contribution is -0.120. The van der Waals surface area contributed by atoms with Gasteiger partial charge in [-0.3, -0.25) is 4.79 Å². The summed E-state index contributed by atoms with van der Waals surface area (Å²) in [6.07, 6.45) is 2.29. The summed E-state index contributed by atoms with van der Waals surface area (Å²) in [4.78, 5) is 19.4. The van der Waals surface area contributed by atoms with E-state index in [-0.39, 0.29) is 11.8 Å². The van der Waals surface area contributed by atoms with Crippen LogP contribution in [-0.4, -0.2) is 43.0 Å². The highest BCUT2D eigenvalue weighted by Gasteiger charge is 2.29. The molecule has 1 fully saturated rings. The summed E-state index contributed by atoms with van der Waals surface area (Å²) >= 11 is 3.15. The lowest BCUT2D eigenvalue weighted by atomic mass is 9.97. The van der Waals surface area contributed by atoms with Crippen LogP contribution in [0, 0.1) is 19.8 Å². The van der Waals surface area contributed by atoms with Gasteiger partial charge in [0.2, 0.25) is 15.9 Å². The summed E-state index contributed by atoms with van der Waals surface area (Å²) in [5.74, 6) is -0.247. The van der Waals surface area contributed by atoms with E-state index in [1.54, 1.807) is 11.3 Å². The molecule has 0 aromatic carbocycles. The largest absolute Gasteiger partial charge is 0.302 e. The SMILES string of the molecule is Cc1cc(-c2csc(NC(=O)C3CCN(S(C)(=O)=O)CC3)n2)c(C)s1. The molecule has 136 valence electrons. The minimum Gasteiger partial charge on any atom is -0.302 e. The van der Waals surface area contributed by atoms with Gasteiger partial charge in [-0.2, -0.15) is 0 Å². The zero-order valence-corrected chi connectivity index (χ0v) is 16.9. The molecule has 3 heterocycles. The Balaban J connectivity index is 1.62. The highest BCUT2D eigenvalue weighted by molar-refractivity contribution is 7.88. The van der Waals surface area contributed by atoms with E-state index in [2.05, 4.69) is 30.2 Å². The summed E-state index contributed by atoms with van der Waals surface area (Å²) in [5, 5.41) is 5.43. The molecule has 25 heavy (non-hydrogen) atoms. The van der Waals surface area contributed by atoms with Crippen LogP contribution in [0.2, 0.25) is 0 Å². The number of sulfonamides is 1. The predicted octanol–water partition coefficient (Wildman–Crippen LogP) is 3.10. The van der Waals surface area contributed by atoms with E-state index in [1.165, 1.54) is 31.7 Å². The third-order valence-corrected chi connectivity index (χ3v) is 7.37. The Labute approximate surface area is 155 Å². The van der Waals surface area contributed by atoms with Crippen molar-refractivity contribution in [3.63, 3.8) is 0 Å². The third kappa shape index (κ3) is 4.28. The number of piperidine rings is 1. The van der Waals surface area contributed by atoms with E-state index in [4.69, 9.17) is 0 Å². The summed E-state index contributed by atoms with van der Waals surface area (Å²) < 4.78 is 24.5. The van der Waals surface area contributed by atoms with Crippen molar-refractivity contribution in [3.8, 4) is 11.3 Å². The van der Waals surface area contributed by atoms with Crippen LogP contribution in [0.15, 0.2) is 11.4 Å². The van der Waals surface area contributed by atoms with Crippen molar-refractivity contribution >= 4 is 43.7 Å². The summed E-state index contributed by atoms with van der Waals surface area (Å²) in [7, 11) is -3.17. The number of nitrogens with zero attached hydrogens (tertiary/aromatic N) is 2. The van der Waals surface area contributed by atoms with Crippen molar-refractivity contribution in [2.45, 2.75) is 26.7 Å². The van der Waals surface area contributed by atoms with E-state index >= 15 is 0 Å². The molecule has 3 rings (SSSR count). The van der Waals surface area contributed by atoms with Crippen molar-refractivity contribution in [1.29, 1.82) is 0 Å². The third-order valence-electron chi connectivity index (χ3n) is 4.34. The fourth-order valence-electron chi connectivity index (χ4n) is 3.00. The molecule has 0 aliphatic carbocycles. The molecule has 1 amide bonds. The van der Waals surface area contributed by atoms with E-state index in [9.17, 15) is 13.2 Å². The van der Waals surface area contributed by atoms with Gasteiger partial charge in [-0.15, -0.1) is 22.7 Å². The van der Waals surface area contributed by atoms with Crippen LogP contribution in [0.3, 0.4) is 0 Å². The van der Waals surface area contributed by atoms with Gasteiger partial charge in [0.25, 0.3) is 0 Å². The van der Waals surface area contributed by atoms with E-state index in [1.807, 2.05) is 5.38 Å². The van der Waals surface area contributed by atoms with Crippen LogP contribution in [0.4, 0.5) is 5.13 Å². The van der Waals surface area contributed by atoms with Gasteiger partial charge in [0.1, 0.15) is 0 Å². The number of hydrogen-bond acceptors (Lipinski definition) is 6. The maximum atomic E-state index is 12.4. The number of nitrogens with one attached hydrogen (secondary N) is 1. The number of amides is 1. The Morgan fingerprint density at radius 2 is 2.00 bits per heavy atom. The molecule has 6 nitrogen and oxygen atoms in total. The average molecular weight is 400 g/mol. The number of anilines is 1. The molecule has 1 N–H and O–H groups in total. The van der Waals surface area contributed by atoms with Gasteiger partial charge in [0.05, 0.1) is 11.9 Å². The van der Waals surface area contributed by atoms with Gasteiger partial charge in [0, 0.05) is 39.7 Å². The Morgan fingerprint density at radius 3 is 2.56 bits per heavy atom. The topological polar surface area (TPSA) is 79.4 Å². The second-order valence-corrected chi connectivity index (χ2v) is 10.6. The molecule has 0 unspecified atom stereocenters. The zero-order chi connectivity index (χ0) is 18.2. The number of carbonyl (C=O) groups is 1. The van der Waals surface area contributed by atoms with Crippen LogP contribution < -0.4 is 5.32 Å². The first-order valence-corrected chi connectivity index (χ1v) is 11.6. The van der Waals surface area contributed by atoms with Gasteiger partial charge in [0.15, 0.2) is 5.13 Å². The van der Waals surface area contributed by atoms with Crippen LogP contribution in [0.1, 0.15) is 22.6 Å². The standard InChI is InChI=1S/C16H21N3O3S3/c1-10-8-13(11(2)24-10)14-9-23-16(17-14)18-15(20)12-4-6-19(7-5-12)25(3,21)22/h8-9,12H,4-7H2,1-3H3,(H,17,18,20). The first-order valence-electron chi connectivity index (χ1n) is 8.03. The van der Waals surface area contributed by atoms with Crippen molar-refractivity contribution in [2.75, 3.05) is 24.7 Å². The smallest absolute Gasteiger partial charge is 0.229 e. The first kappa shape index (κ1) is 18.5. The molecular weight excluding hydrogens is 378 g/mol. The molecule has 0 spiro atoms. The maximum absolute atomic E-state index is 12.4. The minimum absolute atomic E-state index is 0.0766. The molecule has 0 atom stereocenters. The quantitative estimate of drug-likeness (QED) is 0.857. The Kier molecular flexibility index (Phi) is 5.29. The second kappa shape index (κ2) is 7.14. The van der Waals surface area contributed by atoms with Gasteiger partial charge < -0.3 is 5.32 Å². The lowest BCUT2D eigenvalue weighted by Crippen LogP contribution is -2.40. The lowest BCUT2D eigenvalue weighted by Gasteiger charge is -2.29. The number of rotatable bonds is 4. The molecule has 1 aliphatic heterocycles. The number of thiophene rings is 1. The second-order valence-electron chi connectivity index (χ2n) is 6.29. The van der Waals surface area contributed by atoms with Gasteiger partial charge in [-0.25, -0.2) is 17.7 Å². The van der Waals surface area contributed by atoms with E-state index in [0.29, 0.717) is 31.1 Å². The molecule has 1 saturated heterocycles. The van der Waals surface area contributed by atoms with Gasteiger partial charge in [-0.05, 0) is 32.8 Å². The molecular formula is C16H21N3O3S3. The van der Waals surface area contributed by atoms with E-state index in [0.717, 1.165) is 11.3 Å². The molecule has 2 aromatic heterocycles. The first-order chi connectivity index (χ1) is 11.7. The number of carbonyl (C=O) groups excluding carboxylic acids is 1. The fraction of sp³-hybridized carbons (Fsp3) is 0.500. The van der Waals surface area contributed by atoms with Crippen LogP contribution in [0.25, 0.3) is 11.3 Å². The zero-order valence-electron chi connectivity index (χ0n) is 14.4. The molecule has 9 heteroatoms. The van der Waals surface area contributed by atoms with Crippen molar-refractivity contribution < 1.29 is 13.2 Å².